The van der Waals surface area contributed by atoms with E-state index in [4.69, 9.17) is 0 Å². The molecule has 1 saturated heterocycles. The van der Waals surface area contributed by atoms with Crippen molar-refractivity contribution in [2.45, 2.75) is 30.9 Å². The van der Waals surface area contributed by atoms with Crippen molar-refractivity contribution in [2.75, 3.05) is 19.6 Å². The molecular formula is C28H26N2O2. The summed E-state index contributed by atoms with van der Waals surface area (Å²) in [5, 5.41) is 11.7. The summed E-state index contributed by atoms with van der Waals surface area (Å²) in [5.74, 6) is 7.53. The quantitative estimate of drug-likeness (QED) is 0.642. The first-order valence-electron chi connectivity index (χ1n) is 11.4. The zero-order valence-electron chi connectivity index (χ0n) is 18.0. The van der Waals surface area contributed by atoms with Crippen molar-refractivity contribution in [3.05, 3.63) is 93.9 Å². The molecule has 0 amide bonds. The van der Waals surface area contributed by atoms with Gasteiger partial charge in [-0.1, -0.05) is 66.4 Å². The van der Waals surface area contributed by atoms with Gasteiger partial charge in [-0.25, -0.2) is 0 Å². The van der Waals surface area contributed by atoms with Crippen LogP contribution in [0.25, 0.3) is 11.1 Å². The number of rotatable bonds is 2. The minimum absolute atomic E-state index is 0.121. The lowest BCUT2D eigenvalue weighted by molar-refractivity contribution is 0.0913. The highest BCUT2D eigenvalue weighted by atomic mass is 16.3. The number of fused-ring (bicyclic) bond motifs is 7. The maximum atomic E-state index is 12.2. The molecule has 160 valence electrons. The van der Waals surface area contributed by atoms with Crippen LogP contribution in [0.5, 0.6) is 0 Å². The van der Waals surface area contributed by atoms with Gasteiger partial charge in [-0.3, -0.25) is 9.69 Å². The molecule has 2 atom stereocenters. The molecule has 32 heavy (non-hydrogen) atoms. The number of piperidine rings is 1. The standard InChI is InChI=1S/C28H26N2O2/c31-27-13-7-12-26-21-16-20(18-30(26)27)17-29(19-21)15-6-5-14-28(32)24-10-3-1-8-22(24)23-9-2-4-11-25(23)28/h1-4,7-13,20-21,32H,14-19H2/t20-,21-/m1/s1. The van der Waals surface area contributed by atoms with Gasteiger partial charge < -0.3 is 9.67 Å². The minimum Gasteiger partial charge on any atom is -0.379 e. The van der Waals surface area contributed by atoms with Crippen LogP contribution in [0.3, 0.4) is 0 Å². The summed E-state index contributed by atoms with van der Waals surface area (Å²) in [6, 6.07) is 21.8. The van der Waals surface area contributed by atoms with E-state index in [0.29, 0.717) is 24.8 Å². The molecule has 0 saturated carbocycles. The van der Waals surface area contributed by atoms with Gasteiger partial charge in [0.1, 0.15) is 5.60 Å². The van der Waals surface area contributed by atoms with Gasteiger partial charge in [0.15, 0.2) is 0 Å². The van der Waals surface area contributed by atoms with E-state index in [1.165, 1.54) is 5.69 Å². The highest BCUT2D eigenvalue weighted by Crippen LogP contribution is 2.48. The monoisotopic (exact) mass is 422 g/mol. The number of hydrogen-bond acceptors (Lipinski definition) is 3. The molecule has 0 spiro atoms. The molecule has 2 aliphatic heterocycles. The minimum atomic E-state index is -1.06. The van der Waals surface area contributed by atoms with Gasteiger partial charge >= 0.3 is 0 Å². The lowest BCUT2D eigenvalue weighted by Crippen LogP contribution is -2.47. The van der Waals surface area contributed by atoms with Crippen LogP contribution >= 0.6 is 0 Å². The maximum Gasteiger partial charge on any atom is 0.250 e. The second-order valence-corrected chi connectivity index (χ2v) is 9.37. The summed E-state index contributed by atoms with van der Waals surface area (Å²) < 4.78 is 1.96. The van der Waals surface area contributed by atoms with E-state index < -0.39 is 5.60 Å². The zero-order valence-corrected chi connectivity index (χ0v) is 18.0. The molecule has 0 unspecified atom stereocenters. The molecule has 3 aliphatic rings. The first-order valence-corrected chi connectivity index (χ1v) is 11.4. The Bertz CT molecular complexity index is 1270. The molecule has 0 radical (unpaired) electrons. The van der Waals surface area contributed by atoms with Crippen LogP contribution in [0.1, 0.15) is 35.6 Å². The topological polar surface area (TPSA) is 45.5 Å². The fourth-order valence-electron chi connectivity index (χ4n) is 5.98. The van der Waals surface area contributed by atoms with E-state index in [-0.39, 0.29) is 5.56 Å². The summed E-state index contributed by atoms with van der Waals surface area (Å²) >= 11 is 0. The molecule has 3 aromatic rings. The smallest absolute Gasteiger partial charge is 0.250 e. The van der Waals surface area contributed by atoms with Gasteiger partial charge in [0.25, 0.3) is 5.56 Å². The molecule has 3 heterocycles. The number of nitrogens with zero attached hydrogens (tertiary/aromatic N) is 2. The highest BCUT2D eigenvalue weighted by Gasteiger charge is 2.40. The molecule has 1 fully saturated rings. The number of benzene rings is 2. The van der Waals surface area contributed by atoms with E-state index in [1.54, 1.807) is 6.07 Å². The van der Waals surface area contributed by atoms with Gasteiger partial charge in [0, 0.05) is 43.7 Å². The highest BCUT2D eigenvalue weighted by molar-refractivity contribution is 5.80. The predicted molar refractivity (Wildman–Crippen MR) is 125 cm³/mol. The van der Waals surface area contributed by atoms with Crippen molar-refractivity contribution in [3.8, 4) is 23.0 Å². The number of aliphatic hydroxyl groups is 1. The Morgan fingerprint density at radius 2 is 1.59 bits per heavy atom. The molecule has 4 heteroatoms. The molecule has 2 aromatic carbocycles. The fourth-order valence-corrected chi connectivity index (χ4v) is 5.98. The third kappa shape index (κ3) is 3.04. The lowest BCUT2D eigenvalue weighted by atomic mass is 9.83. The SMILES string of the molecule is O=c1cccc2n1C[C@@H]1C[C@@H]2CN(CC#CCC2(O)c3ccccc3-c3ccccc32)C1. The molecule has 1 aliphatic carbocycles. The Hall–Kier alpha value is -3.13. The Kier molecular flexibility index (Phi) is 4.57. The predicted octanol–water partition coefficient (Wildman–Crippen LogP) is 3.58. The van der Waals surface area contributed by atoms with E-state index in [1.807, 2.05) is 47.0 Å². The number of likely N-dealkylation sites (tertiary alicyclic amines) is 1. The first-order chi connectivity index (χ1) is 15.6. The zero-order chi connectivity index (χ0) is 21.7. The second-order valence-electron chi connectivity index (χ2n) is 9.37. The van der Waals surface area contributed by atoms with Crippen LogP contribution in [-0.2, 0) is 12.1 Å². The summed E-state index contributed by atoms with van der Waals surface area (Å²) in [5.41, 5.74) is 4.33. The summed E-state index contributed by atoms with van der Waals surface area (Å²) in [6.07, 6.45) is 1.54. The van der Waals surface area contributed by atoms with Crippen molar-refractivity contribution in [3.63, 3.8) is 0 Å². The van der Waals surface area contributed by atoms with Gasteiger partial charge in [-0.05, 0) is 40.7 Å². The number of aromatic nitrogens is 1. The second kappa shape index (κ2) is 7.48. The van der Waals surface area contributed by atoms with Crippen LogP contribution in [0, 0.1) is 17.8 Å². The van der Waals surface area contributed by atoms with Crippen LogP contribution < -0.4 is 5.56 Å². The average Bonchev–Trinajstić information content (AvgIpc) is 3.07. The van der Waals surface area contributed by atoms with Crippen LogP contribution in [-0.4, -0.2) is 34.2 Å². The van der Waals surface area contributed by atoms with Gasteiger partial charge in [0.2, 0.25) is 0 Å². The lowest BCUT2D eigenvalue weighted by Gasteiger charge is -2.42. The summed E-state index contributed by atoms with van der Waals surface area (Å²) in [6.45, 7) is 3.42. The number of pyridine rings is 1. The van der Waals surface area contributed by atoms with Crippen molar-refractivity contribution in [1.29, 1.82) is 0 Å². The van der Waals surface area contributed by atoms with Crippen LogP contribution in [0.4, 0.5) is 0 Å². The first kappa shape index (κ1) is 19.5. The Morgan fingerprint density at radius 3 is 2.34 bits per heavy atom. The third-order valence-electron chi connectivity index (χ3n) is 7.36. The average molecular weight is 423 g/mol. The van der Waals surface area contributed by atoms with E-state index >= 15 is 0 Å². The fraction of sp³-hybridized carbons (Fsp3) is 0.321. The van der Waals surface area contributed by atoms with Gasteiger partial charge in [-0.15, -0.1) is 0 Å². The van der Waals surface area contributed by atoms with Crippen LogP contribution in [0.2, 0.25) is 0 Å². The third-order valence-corrected chi connectivity index (χ3v) is 7.36. The maximum absolute atomic E-state index is 12.2. The van der Waals surface area contributed by atoms with Crippen molar-refractivity contribution < 1.29 is 5.11 Å². The van der Waals surface area contributed by atoms with Crippen molar-refractivity contribution in [2.24, 2.45) is 5.92 Å². The summed E-state index contributed by atoms with van der Waals surface area (Å²) in [4.78, 5) is 14.6. The van der Waals surface area contributed by atoms with Gasteiger partial charge in [-0.2, -0.15) is 0 Å². The van der Waals surface area contributed by atoms with Crippen molar-refractivity contribution in [1.82, 2.24) is 9.47 Å². The van der Waals surface area contributed by atoms with E-state index in [9.17, 15) is 9.90 Å². The van der Waals surface area contributed by atoms with E-state index in [2.05, 4.69) is 34.9 Å². The molecule has 4 nitrogen and oxygen atoms in total. The molecule has 2 bridgehead atoms. The molecule has 1 aromatic heterocycles. The Morgan fingerprint density at radius 1 is 0.875 bits per heavy atom. The largest absolute Gasteiger partial charge is 0.379 e. The molecular weight excluding hydrogens is 396 g/mol. The normalized spacial score (nSPS) is 22.3. The number of hydrogen-bond donors (Lipinski definition) is 1. The summed E-state index contributed by atoms with van der Waals surface area (Å²) in [7, 11) is 0. The van der Waals surface area contributed by atoms with Crippen molar-refractivity contribution >= 4 is 0 Å². The molecule has 6 rings (SSSR count). The molecule has 1 N–H and O–H groups in total. The van der Waals surface area contributed by atoms with E-state index in [0.717, 1.165) is 48.3 Å². The van der Waals surface area contributed by atoms with Crippen LogP contribution in [0.15, 0.2) is 71.5 Å². The van der Waals surface area contributed by atoms with Gasteiger partial charge in [0.05, 0.1) is 6.54 Å². The Balaban J connectivity index is 1.20. The Labute approximate surface area is 188 Å².